The number of nitrogens with zero attached hydrogens (tertiary/aromatic N) is 3. The first-order valence-electron chi connectivity index (χ1n) is 11.2. The third-order valence-electron chi connectivity index (χ3n) is 5.93. The zero-order valence-electron chi connectivity index (χ0n) is 20.0. The van der Waals surface area contributed by atoms with Gasteiger partial charge in [-0.2, -0.15) is 0 Å². The van der Waals surface area contributed by atoms with Gasteiger partial charge < -0.3 is 15.2 Å². The molecule has 0 radical (unpaired) electrons. The van der Waals surface area contributed by atoms with Crippen molar-refractivity contribution in [3.8, 4) is 10.6 Å². The van der Waals surface area contributed by atoms with Crippen molar-refractivity contribution in [1.82, 2.24) is 25.2 Å². The first-order chi connectivity index (χ1) is 16.1. The van der Waals surface area contributed by atoms with E-state index in [0.717, 1.165) is 10.4 Å². The molecule has 4 aromatic rings. The number of hydrogen-bond donors (Lipinski definition) is 2. The molecule has 0 fully saturated rings. The van der Waals surface area contributed by atoms with Gasteiger partial charge >= 0.3 is 0 Å². The second-order valence-electron chi connectivity index (χ2n) is 9.47. The Hall–Kier alpha value is -3.52. The van der Waals surface area contributed by atoms with Crippen LogP contribution >= 0.6 is 11.3 Å². The summed E-state index contributed by atoms with van der Waals surface area (Å²) < 4.78 is 1.81. The van der Waals surface area contributed by atoms with E-state index >= 15 is 0 Å². The lowest BCUT2D eigenvalue weighted by Gasteiger charge is -2.27. The smallest absolute Gasteiger partial charge is 0.261 e. The molecule has 4 rings (SSSR count). The molecule has 3 aromatic heterocycles. The molecule has 0 saturated carbocycles. The Bertz CT molecular complexity index is 1330. The number of thiophene rings is 1. The number of amides is 2. The van der Waals surface area contributed by atoms with Crippen LogP contribution in [0.4, 0.5) is 0 Å². The van der Waals surface area contributed by atoms with Crippen molar-refractivity contribution in [3.63, 3.8) is 0 Å². The van der Waals surface area contributed by atoms with Crippen LogP contribution in [0.5, 0.6) is 0 Å². The van der Waals surface area contributed by atoms with Crippen molar-refractivity contribution in [2.24, 2.45) is 12.5 Å². The van der Waals surface area contributed by atoms with Crippen LogP contribution in [0.1, 0.15) is 53.3 Å². The second kappa shape index (κ2) is 9.38. The summed E-state index contributed by atoms with van der Waals surface area (Å²) in [6, 6.07) is 13.4. The van der Waals surface area contributed by atoms with Crippen molar-refractivity contribution >= 4 is 34.3 Å². The minimum absolute atomic E-state index is 0.0133. The summed E-state index contributed by atoms with van der Waals surface area (Å²) in [6.45, 7) is 8.72. The van der Waals surface area contributed by atoms with Gasteiger partial charge in [-0.3, -0.25) is 9.59 Å². The van der Waals surface area contributed by atoms with Crippen LogP contribution in [0.2, 0.25) is 0 Å². The summed E-state index contributed by atoms with van der Waals surface area (Å²) >= 11 is 1.35. The molecule has 1 aromatic carbocycles. The summed E-state index contributed by atoms with van der Waals surface area (Å²) in [5, 5.41) is 6.02. The number of fused-ring (bicyclic) bond motifs is 1. The standard InChI is InChI=1S/C26H29N5O2S/c1-16(26(2,3)4)29-24(32)18-15-31(5)23-22(18)30-19(14-27-23)20-11-12-21(34-20)25(33)28-13-17-9-7-6-8-10-17/h6-12,14-16H,13H2,1-5H3,(H,28,33)(H,29,32). The fourth-order valence-corrected chi connectivity index (χ4v) is 4.25. The van der Waals surface area contributed by atoms with Gasteiger partial charge in [0, 0.05) is 25.8 Å². The number of benzene rings is 1. The average Bonchev–Trinajstić information content (AvgIpc) is 3.42. The van der Waals surface area contributed by atoms with Gasteiger partial charge in [0.1, 0.15) is 5.52 Å². The minimum Gasteiger partial charge on any atom is -0.349 e. The molecule has 2 amide bonds. The second-order valence-corrected chi connectivity index (χ2v) is 10.6. The van der Waals surface area contributed by atoms with E-state index < -0.39 is 0 Å². The summed E-state index contributed by atoms with van der Waals surface area (Å²) in [5.74, 6) is -0.309. The van der Waals surface area contributed by atoms with Crippen LogP contribution in [0, 0.1) is 5.41 Å². The topological polar surface area (TPSA) is 88.9 Å². The van der Waals surface area contributed by atoms with E-state index in [9.17, 15) is 9.59 Å². The molecule has 0 bridgehead atoms. The average molecular weight is 476 g/mol. The van der Waals surface area contributed by atoms with E-state index in [-0.39, 0.29) is 23.3 Å². The van der Waals surface area contributed by atoms with Gasteiger partial charge in [-0.25, -0.2) is 9.97 Å². The number of hydrogen-bond acceptors (Lipinski definition) is 5. The number of nitrogens with one attached hydrogen (secondary N) is 2. The number of carbonyl (C=O) groups excluding carboxylic acids is 2. The predicted octanol–water partition coefficient (Wildman–Crippen LogP) is 4.79. The molecule has 2 N–H and O–H groups in total. The van der Waals surface area contributed by atoms with Gasteiger partial charge in [0.15, 0.2) is 5.65 Å². The predicted molar refractivity (Wildman–Crippen MR) is 136 cm³/mol. The highest BCUT2D eigenvalue weighted by Crippen LogP contribution is 2.29. The van der Waals surface area contributed by atoms with Gasteiger partial charge in [0.25, 0.3) is 11.8 Å². The van der Waals surface area contributed by atoms with Gasteiger partial charge in [-0.05, 0) is 30.0 Å². The van der Waals surface area contributed by atoms with Crippen molar-refractivity contribution in [2.75, 3.05) is 0 Å². The van der Waals surface area contributed by atoms with Crippen molar-refractivity contribution < 1.29 is 9.59 Å². The molecule has 3 heterocycles. The van der Waals surface area contributed by atoms with Gasteiger partial charge in [-0.1, -0.05) is 51.1 Å². The van der Waals surface area contributed by atoms with E-state index in [1.165, 1.54) is 11.3 Å². The molecular formula is C26H29N5O2S. The first kappa shape index (κ1) is 23.6. The van der Waals surface area contributed by atoms with Crippen molar-refractivity contribution in [3.05, 3.63) is 70.9 Å². The number of aryl methyl sites for hydroxylation is 1. The zero-order chi connectivity index (χ0) is 24.5. The summed E-state index contributed by atoms with van der Waals surface area (Å²) in [5.41, 5.74) is 3.27. The third-order valence-corrected chi connectivity index (χ3v) is 7.04. The normalized spacial score (nSPS) is 12.5. The maximum atomic E-state index is 13.0. The highest BCUT2D eigenvalue weighted by molar-refractivity contribution is 7.17. The lowest BCUT2D eigenvalue weighted by atomic mass is 9.88. The molecule has 0 aliphatic carbocycles. The largest absolute Gasteiger partial charge is 0.349 e. The number of aromatic nitrogens is 3. The maximum Gasteiger partial charge on any atom is 0.261 e. The monoisotopic (exact) mass is 475 g/mol. The van der Waals surface area contributed by atoms with E-state index in [1.54, 1.807) is 23.0 Å². The Morgan fingerprint density at radius 2 is 1.82 bits per heavy atom. The Morgan fingerprint density at radius 3 is 2.53 bits per heavy atom. The highest BCUT2D eigenvalue weighted by atomic mass is 32.1. The highest BCUT2D eigenvalue weighted by Gasteiger charge is 2.25. The molecule has 0 spiro atoms. The fraction of sp³-hybridized carbons (Fsp3) is 0.308. The van der Waals surface area contributed by atoms with Gasteiger partial charge in [-0.15, -0.1) is 11.3 Å². The van der Waals surface area contributed by atoms with Crippen LogP contribution in [0.3, 0.4) is 0 Å². The first-order valence-corrected chi connectivity index (χ1v) is 12.0. The summed E-state index contributed by atoms with van der Waals surface area (Å²) in [4.78, 5) is 36.3. The third kappa shape index (κ3) is 5.02. The lowest BCUT2D eigenvalue weighted by Crippen LogP contribution is -2.41. The Kier molecular flexibility index (Phi) is 6.52. The molecule has 8 heteroatoms. The van der Waals surface area contributed by atoms with Crippen LogP contribution in [-0.4, -0.2) is 32.4 Å². The van der Waals surface area contributed by atoms with Crippen LogP contribution in [0.15, 0.2) is 54.9 Å². The van der Waals surface area contributed by atoms with E-state index in [0.29, 0.717) is 33.8 Å². The Morgan fingerprint density at radius 1 is 1.09 bits per heavy atom. The van der Waals surface area contributed by atoms with E-state index in [2.05, 4.69) is 36.4 Å². The molecule has 34 heavy (non-hydrogen) atoms. The minimum atomic E-state index is -0.174. The van der Waals surface area contributed by atoms with Crippen LogP contribution < -0.4 is 10.6 Å². The molecule has 0 aliphatic rings. The summed E-state index contributed by atoms with van der Waals surface area (Å²) in [7, 11) is 1.85. The molecular weight excluding hydrogens is 446 g/mol. The Labute approximate surface area is 203 Å². The van der Waals surface area contributed by atoms with E-state index in [4.69, 9.17) is 4.98 Å². The molecule has 1 unspecified atom stereocenters. The molecule has 1 atom stereocenters. The zero-order valence-corrected chi connectivity index (χ0v) is 20.9. The van der Waals surface area contributed by atoms with Crippen LogP contribution in [0.25, 0.3) is 21.7 Å². The lowest BCUT2D eigenvalue weighted by molar-refractivity contribution is 0.0910. The van der Waals surface area contributed by atoms with Crippen molar-refractivity contribution in [2.45, 2.75) is 40.3 Å². The molecule has 0 aliphatic heterocycles. The SMILES string of the molecule is CC(NC(=O)c1cn(C)c2ncc(-c3ccc(C(=O)NCc4ccccc4)s3)nc12)C(C)(C)C. The van der Waals surface area contributed by atoms with Crippen molar-refractivity contribution in [1.29, 1.82) is 0 Å². The molecule has 0 saturated heterocycles. The van der Waals surface area contributed by atoms with E-state index in [1.807, 2.05) is 50.4 Å². The maximum absolute atomic E-state index is 13.0. The van der Waals surface area contributed by atoms with Crippen LogP contribution in [-0.2, 0) is 13.6 Å². The molecule has 7 nitrogen and oxygen atoms in total. The molecule has 176 valence electrons. The van der Waals surface area contributed by atoms with Gasteiger partial charge in [0.2, 0.25) is 0 Å². The quantitative estimate of drug-likeness (QED) is 0.420. The Balaban J connectivity index is 1.56. The fourth-order valence-electron chi connectivity index (χ4n) is 3.38. The summed E-state index contributed by atoms with van der Waals surface area (Å²) in [6.07, 6.45) is 3.44. The number of rotatable bonds is 6. The number of carbonyl (C=O) groups is 2. The van der Waals surface area contributed by atoms with Gasteiger partial charge in [0.05, 0.1) is 27.2 Å².